The maximum Gasteiger partial charge on any atom is 0.269 e. The van der Waals surface area contributed by atoms with Crippen molar-refractivity contribution in [2.24, 2.45) is 4.99 Å². The number of carbonyl (C=O) groups is 1. The molecule has 0 saturated carbocycles. The average molecular weight is 732 g/mol. The van der Waals surface area contributed by atoms with Crippen LogP contribution in [0.4, 0.5) is 11.4 Å². The molecule has 1 aliphatic heterocycles. The van der Waals surface area contributed by atoms with E-state index >= 15 is 0 Å². The molecule has 1 aromatic heterocycles. The van der Waals surface area contributed by atoms with Gasteiger partial charge in [-0.1, -0.05) is 63.9 Å². The molecule has 12 heteroatoms. The van der Waals surface area contributed by atoms with E-state index in [1.165, 1.54) is 23.9 Å². The number of nitrogens with one attached hydrogen (secondary N) is 1. The first-order chi connectivity index (χ1) is 22.8. The second-order valence-corrected chi connectivity index (χ2v) is 12.7. The molecule has 1 aliphatic rings. The highest BCUT2D eigenvalue weighted by Crippen LogP contribution is 2.39. The molecule has 1 saturated heterocycles. The Balaban J connectivity index is 1.30. The van der Waals surface area contributed by atoms with Crippen molar-refractivity contribution in [3.63, 3.8) is 0 Å². The number of aromatic amines is 1. The molecule has 6 rings (SSSR count). The predicted molar refractivity (Wildman–Crippen MR) is 191 cm³/mol. The Morgan fingerprint density at radius 1 is 1.02 bits per heavy atom. The van der Waals surface area contributed by atoms with Gasteiger partial charge in [-0.25, -0.2) is 4.99 Å². The number of halogens is 2. The smallest absolute Gasteiger partial charge is 0.269 e. The molecule has 1 fully saturated rings. The van der Waals surface area contributed by atoms with E-state index in [0.29, 0.717) is 56.3 Å². The number of non-ortho nitro benzene ring substituents is 1. The third-order valence-electron chi connectivity index (χ3n) is 7.44. The van der Waals surface area contributed by atoms with Gasteiger partial charge in [-0.05, 0) is 78.7 Å². The first kappa shape index (κ1) is 32.4. The molecule has 1 N–H and O–H groups in total. The largest absolute Gasteiger partial charge is 0.490 e. The molecule has 47 heavy (non-hydrogen) atoms. The van der Waals surface area contributed by atoms with E-state index in [-0.39, 0.29) is 18.2 Å². The molecule has 9 nitrogen and oxygen atoms in total. The number of fused-ring (bicyclic) bond motifs is 1. The number of amides is 1. The summed E-state index contributed by atoms with van der Waals surface area (Å²) >= 11 is 11.2. The predicted octanol–water partition coefficient (Wildman–Crippen LogP) is 9.32. The fourth-order valence-electron chi connectivity index (χ4n) is 5.07. The number of hydrogen-bond donors (Lipinski definition) is 1. The molecule has 4 aromatic carbocycles. The molecular weight excluding hydrogens is 704 g/mol. The number of hydrogen-bond acceptors (Lipinski definition) is 7. The number of aliphatic imine (C=N–C) groups is 1. The van der Waals surface area contributed by atoms with Gasteiger partial charge in [0.25, 0.3) is 11.6 Å². The summed E-state index contributed by atoms with van der Waals surface area (Å²) in [6.07, 6.45) is 4.36. The summed E-state index contributed by atoms with van der Waals surface area (Å²) in [6, 6.07) is 25.1. The van der Waals surface area contributed by atoms with Crippen molar-refractivity contribution >= 4 is 78.7 Å². The van der Waals surface area contributed by atoms with Crippen molar-refractivity contribution in [1.82, 2.24) is 9.88 Å². The summed E-state index contributed by atoms with van der Waals surface area (Å²) in [7, 11) is 0. The molecule has 0 radical (unpaired) electrons. The minimum atomic E-state index is -0.458. The zero-order chi connectivity index (χ0) is 32.9. The van der Waals surface area contributed by atoms with Gasteiger partial charge in [-0.15, -0.1) is 0 Å². The van der Waals surface area contributed by atoms with Gasteiger partial charge in [0.2, 0.25) is 0 Å². The van der Waals surface area contributed by atoms with Gasteiger partial charge in [-0.2, -0.15) is 0 Å². The second-order valence-electron chi connectivity index (χ2n) is 10.5. The number of carbonyl (C=O) groups excluding carboxylic acids is 1. The summed E-state index contributed by atoms with van der Waals surface area (Å²) in [5.74, 6) is 0.868. The zero-order valence-corrected chi connectivity index (χ0v) is 28.3. The van der Waals surface area contributed by atoms with Crippen molar-refractivity contribution in [1.29, 1.82) is 0 Å². The van der Waals surface area contributed by atoms with E-state index in [1.807, 2.05) is 73.8 Å². The lowest BCUT2D eigenvalue weighted by Crippen LogP contribution is -2.31. The number of rotatable bonds is 11. The van der Waals surface area contributed by atoms with E-state index in [0.717, 1.165) is 27.6 Å². The molecule has 2 heterocycles. The number of ether oxygens (including phenoxy) is 2. The summed E-state index contributed by atoms with van der Waals surface area (Å²) < 4.78 is 12.7. The number of amidine groups is 1. The Bertz CT molecular complexity index is 2030. The van der Waals surface area contributed by atoms with Crippen LogP contribution >= 0.6 is 39.3 Å². The minimum absolute atomic E-state index is 0.0323. The first-order valence-corrected chi connectivity index (χ1v) is 16.7. The van der Waals surface area contributed by atoms with Crippen LogP contribution < -0.4 is 9.47 Å². The summed E-state index contributed by atoms with van der Waals surface area (Å²) in [4.78, 5) is 34.8. The van der Waals surface area contributed by atoms with Crippen LogP contribution in [0.3, 0.4) is 0 Å². The number of nitrogens with zero attached hydrogens (tertiary/aromatic N) is 3. The Kier molecular flexibility index (Phi) is 9.95. The quantitative estimate of drug-likeness (QED) is 0.0824. The lowest BCUT2D eigenvalue weighted by Gasteiger charge is -2.15. The fourth-order valence-corrected chi connectivity index (χ4v) is 6.72. The molecular formula is C35H28BrClN4O5S. The van der Waals surface area contributed by atoms with Crippen LogP contribution in [0.25, 0.3) is 17.0 Å². The van der Waals surface area contributed by atoms with Gasteiger partial charge >= 0.3 is 0 Å². The lowest BCUT2D eigenvalue weighted by atomic mass is 10.1. The fraction of sp³-hybridized carbons (Fsp3) is 0.143. The summed E-state index contributed by atoms with van der Waals surface area (Å²) in [5, 5.41) is 13.4. The van der Waals surface area contributed by atoms with Gasteiger partial charge < -0.3 is 14.5 Å². The van der Waals surface area contributed by atoms with Crippen LogP contribution in [0.5, 0.6) is 11.5 Å². The molecule has 1 amide bonds. The van der Waals surface area contributed by atoms with Crippen LogP contribution in [0, 0.1) is 10.1 Å². The highest BCUT2D eigenvalue weighted by atomic mass is 79.9. The Morgan fingerprint density at radius 2 is 1.77 bits per heavy atom. The van der Waals surface area contributed by atoms with E-state index < -0.39 is 4.92 Å². The zero-order valence-electron chi connectivity index (χ0n) is 25.1. The Labute approximate surface area is 288 Å². The van der Waals surface area contributed by atoms with Crippen LogP contribution in [-0.4, -0.2) is 39.0 Å². The maximum absolute atomic E-state index is 13.9. The number of nitro benzene ring substituents is 1. The van der Waals surface area contributed by atoms with E-state index in [9.17, 15) is 14.9 Å². The average Bonchev–Trinajstić information content (AvgIpc) is 3.61. The van der Waals surface area contributed by atoms with Crippen molar-refractivity contribution < 1.29 is 19.2 Å². The van der Waals surface area contributed by atoms with Crippen LogP contribution in [0.15, 0.2) is 105 Å². The van der Waals surface area contributed by atoms with Crippen LogP contribution in [-0.2, 0) is 17.8 Å². The third kappa shape index (κ3) is 7.38. The number of H-pyrrole nitrogens is 1. The highest BCUT2D eigenvalue weighted by molar-refractivity contribution is 9.10. The molecule has 0 atom stereocenters. The number of para-hydroxylation sites is 1. The minimum Gasteiger partial charge on any atom is -0.490 e. The normalized spacial score (nSPS) is 14.8. The standard InChI is InChI=1S/C35H28BrClN4O5S/c1-2-45-31-17-24(28(36)19-32(31)46-21-23-7-3-5-9-29(23)37)18-33-34(42)40(16-15-22-20-38-30-10-6-4-8-27(22)30)35(47-33)39-25-11-13-26(14-12-25)41(43)44/h3-14,17-20,38H,2,15-16,21H2,1H3/b33-18-,39-35?. The van der Waals surface area contributed by atoms with Crippen LogP contribution in [0.2, 0.25) is 5.02 Å². The third-order valence-corrected chi connectivity index (χ3v) is 9.51. The number of aromatic nitrogens is 1. The molecule has 5 aromatic rings. The van der Waals surface area contributed by atoms with Crippen molar-refractivity contribution in [3.8, 4) is 11.5 Å². The van der Waals surface area contributed by atoms with Gasteiger partial charge in [0.15, 0.2) is 16.7 Å². The summed E-state index contributed by atoms with van der Waals surface area (Å²) in [5.41, 5.74) is 4.16. The van der Waals surface area contributed by atoms with Crippen molar-refractivity contribution in [2.45, 2.75) is 20.0 Å². The second kappa shape index (κ2) is 14.5. The van der Waals surface area contributed by atoms with Crippen LogP contribution in [0.1, 0.15) is 23.6 Å². The molecule has 0 aliphatic carbocycles. The maximum atomic E-state index is 13.9. The number of nitro groups is 1. The highest BCUT2D eigenvalue weighted by Gasteiger charge is 2.33. The van der Waals surface area contributed by atoms with Gasteiger partial charge in [0.05, 0.1) is 22.1 Å². The van der Waals surface area contributed by atoms with Gasteiger partial charge in [0, 0.05) is 50.8 Å². The van der Waals surface area contributed by atoms with E-state index in [2.05, 4.69) is 20.9 Å². The SMILES string of the molecule is CCOc1cc(/C=C2\SC(=Nc3ccc([N+](=O)[O-])cc3)N(CCc3c[nH]c4ccccc34)C2=O)c(Br)cc1OCc1ccccc1Cl. The summed E-state index contributed by atoms with van der Waals surface area (Å²) in [6.45, 7) is 2.95. The molecule has 238 valence electrons. The van der Waals surface area contributed by atoms with Crippen molar-refractivity contribution in [2.75, 3.05) is 13.2 Å². The van der Waals surface area contributed by atoms with E-state index in [4.69, 9.17) is 26.1 Å². The van der Waals surface area contributed by atoms with E-state index in [1.54, 1.807) is 23.1 Å². The lowest BCUT2D eigenvalue weighted by molar-refractivity contribution is -0.384. The first-order valence-electron chi connectivity index (χ1n) is 14.7. The topological polar surface area (TPSA) is 110 Å². The Hall–Kier alpha value is -4.58. The van der Waals surface area contributed by atoms with Gasteiger partial charge in [0.1, 0.15) is 6.61 Å². The van der Waals surface area contributed by atoms with Crippen molar-refractivity contribution in [3.05, 3.63) is 132 Å². The Morgan fingerprint density at radius 3 is 2.53 bits per heavy atom. The van der Waals surface area contributed by atoms with Gasteiger partial charge in [-0.3, -0.25) is 19.8 Å². The molecule has 0 spiro atoms. The monoisotopic (exact) mass is 730 g/mol. The number of thioether (sulfide) groups is 1. The molecule has 0 bridgehead atoms. The molecule has 0 unspecified atom stereocenters. The number of benzene rings is 4.